The molecule has 0 spiro atoms. The molecule has 0 bridgehead atoms. The van der Waals surface area contributed by atoms with Crippen LogP contribution >= 0.6 is 11.6 Å². The summed E-state index contributed by atoms with van der Waals surface area (Å²) in [6, 6.07) is 18.4. The molecule has 6 rings (SSSR count). The van der Waals surface area contributed by atoms with Gasteiger partial charge in [-0.2, -0.15) is 0 Å². The summed E-state index contributed by atoms with van der Waals surface area (Å²) < 4.78 is 5.76. The summed E-state index contributed by atoms with van der Waals surface area (Å²) in [5.41, 5.74) is 2.41. The van der Waals surface area contributed by atoms with Crippen molar-refractivity contribution in [3.8, 4) is 11.6 Å². The second-order valence-electron chi connectivity index (χ2n) is 11.3. The van der Waals surface area contributed by atoms with Crippen LogP contribution in [0.3, 0.4) is 0 Å². The number of carboxylic acids is 1. The number of aromatic nitrogens is 1. The first-order valence-electron chi connectivity index (χ1n) is 13.8. The summed E-state index contributed by atoms with van der Waals surface area (Å²) in [4.78, 5) is 35.8. The van der Waals surface area contributed by atoms with Gasteiger partial charge in [0, 0.05) is 55.0 Å². The summed E-state index contributed by atoms with van der Waals surface area (Å²) in [6.07, 6.45) is 5.81. The van der Waals surface area contributed by atoms with E-state index in [9.17, 15) is 9.59 Å². The fourth-order valence-electron chi connectivity index (χ4n) is 5.87. The predicted octanol–water partition coefficient (Wildman–Crippen LogP) is 6.22. The average molecular weight is 561 g/mol. The van der Waals surface area contributed by atoms with Gasteiger partial charge in [-0.1, -0.05) is 29.8 Å². The van der Waals surface area contributed by atoms with Crippen LogP contribution in [0.1, 0.15) is 60.1 Å². The Labute approximate surface area is 239 Å². The summed E-state index contributed by atoms with van der Waals surface area (Å²) >= 11 is 6.34. The molecule has 1 atom stereocenters. The summed E-state index contributed by atoms with van der Waals surface area (Å²) in [6.45, 7) is 5.51. The van der Waals surface area contributed by atoms with E-state index in [1.54, 1.807) is 12.1 Å². The molecule has 2 saturated heterocycles. The van der Waals surface area contributed by atoms with Crippen molar-refractivity contribution >= 4 is 23.6 Å². The molecule has 208 valence electrons. The first kappa shape index (κ1) is 26.6. The second kappa shape index (κ2) is 10.7. The molecule has 3 fully saturated rings. The topological polar surface area (TPSA) is 86.2 Å². The van der Waals surface area contributed by atoms with E-state index >= 15 is 0 Å². The smallest absolute Gasteiger partial charge is 0.335 e. The standard InChI is InChI=1S/C31H33ClN4O4/c1-31(13-14-31)35-20-27(23-3-2-4-24(32)17-23)36(30(35)39)25-11-15-34(16-12-25)19-21-5-10-28(33-18-21)40-26-8-6-22(7-9-26)29(37)38/h2-10,17-18,25,27H,11-16,19-20H2,1H3,(H,37,38). The third kappa shape index (κ3) is 5.51. The normalized spacial score (nSPS) is 21.1. The number of aromatic carboxylic acids is 1. The van der Waals surface area contributed by atoms with Gasteiger partial charge in [0.2, 0.25) is 5.88 Å². The van der Waals surface area contributed by atoms with Gasteiger partial charge in [-0.3, -0.25) is 4.90 Å². The Morgan fingerprint density at radius 3 is 2.48 bits per heavy atom. The zero-order chi connectivity index (χ0) is 27.9. The van der Waals surface area contributed by atoms with Gasteiger partial charge in [0.25, 0.3) is 0 Å². The van der Waals surface area contributed by atoms with Crippen molar-refractivity contribution in [2.24, 2.45) is 0 Å². The van der Waals surface area contributed by atoms with Crippen LogP contribution in [-0.2, 0) is 6.54 Å². The number of halogens is 1. The van der Waals surface area contributed by atoms with Crippen LogP contribution in [0, 0.1) is 0 Å². The van der Waals surface area contributed by atoms with E-state index in [1.165, 1.54) is 12.1 Å². The lowest BCUT2D eigenvalue weighted by Gasteiger charge is -2.39. The van der Waals surface area contributed by atoms with Crippen molar-refractivity contribution in [1.82, 2.24) is 19.7 Å². The summed E-state index contributed by atoms with van der Waals surface area (Å²) in [5, 5.41) is 9.75. The number of nitrogens with zero attached hydrogens (tertiary/aromatic N) is 4. The van der Waals surface area contributed by atoms with Crippen LogP contribution < -0.4 is 4.74 Å². The number of amides is 2. The highest BCUT2D eigenvalue weighted by Gasteiger charge is 2.53. The van der Waals surface area contributed by atoms with Crippen LogP contribution in [0.25, 0.3) is 0 Å². The molecule has 1 N–H and O–H groups in total. The Morgan fingerprint density at radius 1 is 1.10 bits per heavy atom. The molecule has 40 heavy (non-hydrogen) atoms. The predicted molar refractivity (Wildman–Crippen MR) is 152 cm³/mol. The number of hydrogen-bond acceptors (Lipinski definition) is 5. The Balaban J connectivity index is 1.07. The third-order valence-corrected chi connectivity index (χ3v) is 8.71. The Hall–Kier alpha value is -3.62. The lowest BCUT2D eigenvalue weighted by molar-refractivity contribution is 0.0696. The van der Waals surface area contributed by atoms with Crippen LogP contribution in [0.15, 0.2) is 66.9 Å². The van der Waals surface area contributed by atoms with E-state index in [-0.39, 0.29) is 29.2 Å². The first-order chi connectivity index (χ1) is 19.3. The zero-order valence-corrected chi connectivity index (χ0v) is 23.3. The third-order valence-electron chi connectivity index (χ3n) is 8.48. The van der Waals surface area contributed by atoms with Crippen molar-refractivity contribution in [2.45, 2.75) is 56.8 Å². The first-order valence-corrected chi connectivity index (χ1v) is 14.2. The monoisotopic (exact) mass is 560 g/mol. The molecule has 9 heteroatoms. The number of urea groups is 1. The van der Waals surface area contributed by atoms with E-state index in [1.807, 2.05) is 36.5 Å². The van der Waals surface area contributed by atoms with Gasteiger partial charge in [0.15, 0.2) is 0 Å². The SMILES string of the molecule is CC1(N2CC(c3cccc(Cl)c3)N(C3CCN(Cc4ccc(Oc5ccc(C(=O)O)cc5)nc4)CC3)C2=O)CC1. The lowest BCUT2D eigenvalue weighted by atomic mass is 9.99. The molecule has 0 radical (unpaired) electrons. The van der Waals surface area contributed by atoms with Crippen LogP contribution in [0.4, 0.5) is 4.79 Å². The average Bonchev–Trinajstić information content (AvgIpc) is 3.60. The molecule has 1 aliphatic carbocycles. The lowest BCUT2D eigenvalue weighted by Crippen LogP contribution is -2.48. The van der Waals surface area contributed by atoms with Crippen LogP contribution in [0.5, 0.6) is 11.6 Å². The highest BCUT2D eigenvalue weighted by molar-refractivity contribution is 6.30. The molecule has 1 saturated carbocycles. The van der Waals surface area contributed by atoms with E-state index in [4.69, 9.17) is 21.4 Å². The maximum atomic E-state index is 13.7. The van der Waals surface area contributed by atoms with Gasteiger partial charge >= 0.3 is 12.0 Å². The number of piperidine rings is 1. The van der Waals surface area contributed by atoms with Gasteiger partial charge < -0.3 is 19.6 Å². The van der Waals surface area contributed by atoms with Gasteiger partial charge in [0.05, 0.1) is 11.6 Å². The minimum Gasteiger partial charge on any atom is -0.478 e. The molecular weight excluding hydrogens is 528 g/mol. The number of hydrogen-bond donors (Lipinski definition) is 1. The fourth-order valence-corrected chi connectivity index (χ4v) is 6.07. The molecule has 2 aliphatic heterocycles. The molecule has 3 aliphatic rings. The Bertz CT molecular complexity index is 1390. The van der Waals surface area contributed by atoms with Crippen molar-refractivity contribution in [1.29, 1.82) is 0 Å². The summed E-state index contributed by atoms with van der Waals surface area (Å²) in [5.74, 6) is 0.0220. The van der Waals surface area contributed by atoms with Crippen LogP contribution in [-0.4, -0.2) is 68.0 Å². The van der Waals surface area contributed by atoms with E-state index in [2.05, 4.69) is 32.7 Å². The molecule has 8 nitrogen and oxygen atoms in total. The molecule has 2 aromatic carbocycles. The number of carbonyl (C=O) groups excluding carboxylic acids is 1. The number of carbonyl (C=O) groups is 2. The number of ether oxygens (including phenoxy) is 1. The molecule has 1 unspecified atom stereocenters. The number of likely N-dealkylation sites (tertiary alicyclic amines) is 1. The Kier molecular flexibility index (Phi) is 7.15. The van der Waals surface area contributed by atoms with Gasteiger partial charge in [-0.05, 0) is 80.1 Å². The minimum atomic E-state index is -0.972. The largest absolute Gasteiger partial charge is 0.478 e. The summed E-state index contributed by atoms with van der Waals surface area (Å²) in [7, 11) is 0. The quantitative estimate of drug-likeness (QED) is 0.352. The number of pyridine rings is 1. The van der Waals surface area contributed by atoms with Crippen molar-refractivity contribution in [2.75, 3.05) is 19.6 Å². The number of carboxylic acid groups (broad SMARTS) is 1. The van der Waals surface area contributed by atoms with Gasteiger partial charge in [-0.25, -0.2) is 14.6 Å². The number of rotatable bonds is 8. The highest BCUT2D eigenvalue weighted by Crippen LogP contribution is 2.47. The van der Waals surface area contributed by atoms with Crippen molar-refractivity contribution in [3.63, 3.8) is 0 Å². The second-order valence-corrected chi connectivity index (χ2v) is 11.7. The minimum absolute atomic E-state index is 0.00579. The Morgan fingerprint density at radius 2 is 1.85 bits per heavy atom. The van der Waals surface area contributed by atoms with Gasteiger partial charge in [-0.15, -0.1) is 0 Å². The number of benzene rings is 2. The van der Waals surface area contributed by atoms with Gasteiger partial charge in [0.1, 0.15) is 5.75 Å². The van der Waals surface area contributed by atoms with E-state index < -0.39 is 5.97 Å². The van der Waals surface area contributed by atoms with Crippen molar-refractivity contribution in [3.05, 3.63) is 88.6 Å². The highest BCUT2D eigenvalue weighted by atomic mass is 35.5. The van der Waals surface area contributed by atoms with E-state index in [0.717, 1.165) is 63.0 Å². The molecule has 3 heterocycles. The molecule has 1 aromatic heterocycles. The maximum Gasteiger partial charge on any atom is 0.335 e. The maximum absolute atomic E-state index is 13.7. The van der Waals surface area contributed by atoms with E-state index in [0.29, 0.717) is 16.7 Å². The fraction of sp³-hybridized carbons (Fsp3) is 0.387. The van der Waals surface area contributed by atoms with Crippen molar-refractivity contribution < 1.29 is 19.4 Å². The molecular formula is C31H33ClN4O4. The van der Waals surface area contributed by atoms with Crippen LogP contribution in [0.2, 0.25) is 5.02 Å². The zero-order valence-electron chi connectivity index (χ0n) is 22.5. The molecule has 3 aromatic rings. The molecule has 2 amide bonds.